The molecule has 3 rings (SSSR count). The fraction of sp³-hybridized carbons (Fsp3) is 0.125. The molecule has 2 aromatic heterocycles. The second kappa shape index (κ2) is 7.54. The topological polar surface area (TPSA) is 99.8 Å². The third-order valence-corrected chi connectivity index (χ3v) is 4.36. The summed E-state index contributed by atoms with van der Waals surface area (Å²) in [7, 11) is 1.57. The molecule has 0 aliphatic heterocycles. The lowest BCUT2D eigenvalue weighted by Gasteiger charge is -2.05. The Kier molecular flexibility index (Phi) is 5.20. The van der Waals surface area contributed by atoms with E-state index in [1.165, 1.54) is 18.0 Å². The van der Waals surface area contributed by atoms with Gasteiger partial charge in [0.25, 0.3) is 5.91 Å². The van der Waals surface area contributed by atoms with Crippen molar-refractivity contribution in [3.8, 4) is 0 Å². The Morgan fingerprint density at radius 3 is 2.76 bits per heavy atom. The minimum absolute atomic E-state index is 0.174. The van der Waals surface area contributed by atoms with Gasteiger partial charge >= 0.3 is 0 Å². The van der Waals surface area contributed by atoms with E-state index in [9.17, 15) is 9.59 Å². The maximum absolute atomic E-state index is 12.0. The normalized spacial score (nSPS) is 10.6. The Hall–Kier alpha value is -2.58. The summed E-state index contributed by atoms with van der Waals surface area (Å²) in [4.78, 5) is 35.0. The molecular formula is C16H14ClN5O2S. The predicted molar refractivity (Wildman–Crippen MR) is 98.1 cm³/mol. The third kappa shape index (κ3) is 4.28. The number of anilines is 1. The summed E-state index contributed by atoms with van der Waals surface area (Å²) in [5, 5.41) is 6.42. The summed E-state index contributed by atoms with van der Waals surface area (Å²) in [6, 6.07) is 8.39. The van der Waals surface area contributed by atoms with Crippen LogP contribution < -0.4 is 10.6 Å². The molecule has 0 saturated heterocycles. The van der Waals surface area contributed by atoms with Crippen LogP contribution in [0.25, 0.3) is 11.2 Å². The van der Waals surface area contributed by atoms with Crippen molar-refractivity contribution < 1.29 is 9.59 Å². The molecule has 9 heteroatoms. The molecule has 0 radical (unpaired) electrons. The van der Waals surface area contributed by atoms with Crippen LogP contribution in [0.5, 0.6) is 0 Å². The smallest absolute Gasteiger partial charge is 0.251 e. The Morgan fingerprint density at radius 1 is 1.28 bits per heavy atom. The number of hydrogen-bond acceptors (Lipinski definition) is 5. The number of benzene rings is 1. The number of hydrogen-bond donors (Lipinski definition) is 3. The lowest BCUT2D eigenvalue weighted by Crippen LogP contribution is -2.18. The van der Waals surface area contributed by atoms with Gasteiger partial charge in [0.1, 0.15) is 0 Å². The van der Waals surface area contributed by atoms with Gasteiger partial charge in [0.05, 0.1) is 16.3 Å². The van der Waals surface area contributed by atoms with E-state index in [2.05, 4.69) is 25.6 Å². The number of rotatable bonds is 5. The fourth-order valence-corrected chi connectivity index (χ4v) is 2.93. The lowest BCUT2D eigenvalue weighted by molar-refractivity contribution is -0.113. The van der Waals surface area contributed by atoms with E-state index in [1.54, 1.807) is 37.4 Å². The highest BCUT2D eigenvalue weighted by molar-refractivity contribution is 7.99. The first-order chi connectivity index (χ1) is 12.0. The van der Waals surface area contributed by atoms with Crippen LogP contribution >= 0.6 is 23.4 Å². The monoisotopic (exact) mass is 375 g/mol. The average Bonchev–Trinajstić information content (AvgIpc) is 3.02. The number of nitrogens with zero attached hydrogens (tertiary/aromatic N) is 2. The molecule has 0 atom stereocenters. The van der Waals surface area contributed by atoms with Gasteiger partial charge in [-0.25, -0.2) is 9.97 Å². The average molecular weight is 376 g/mol. The van der Waals surface area contributed by atoms with Crippen LogP contribution in [0.1, 0.15) is 10.4 Å². The molecule has 0 spiro atoms. The minimum Gasteiger partial charge on any atom is -0.355 e. The van der Waals surface area contributed by atoms with Gasteiger partial charge in [-0.3, -0.25) is 9.59 Å². The van der Waals surface area contributed by atoms with Gasteiger partial charge < -0.3 is 15.6 Å². The van der Waals surface area contributed by atoms with Crippen molar-refractivity contribution in [3.05, 3.63) is 47.1 Å². The number of pyridine rings is 1. The third-order valence-electron chi connectivity index (χ3n) is 3.28. The molecule has 25 heavy (non-hydrogen) atoms. The summed E-state index contributed by atoms with van der Waals surface area (Å²) in [5.74, 6) is -0.165. The maximum atomic E-state index is 12.0. The highest BCUT2D eigenvalue weighted by Gasteiger charge is 2.09. The van der Waals surface area contributed by atoms with Crippen molar-refractivity contribution in [3.63, 3.8) is 0 Å². The van der Waals surface area contributed by atoms with Gasteiger partial charge in [-0.1, -0.05) is 23.4 Å². The second-order valence-corrected chi connectivity index (χ2v) is 6.46. The number of halogens is 1. The molecule has 2 heterocycles. The molecule has 0 aliphatic rings. The zero-order valence-corrected chi connectivity index (χ0v) is 14.7. The van der Waals surface area contributed by atoms with Crippen LogP contribution in [0.2, 0.25) is 5.02 Å². The summed E-state index contributed by atoms with van der Waals surface area (Å²) >= 11 is 7.14. The van der Waals surface area contributed by atoms with E-state index in [-0.39, 0.29) is 17.6 Å². The number of fused-ring (bicyclic) bond motifs is 1. The van der Waals surface area contributed by atoms with Crippen LogP contribution in [0.3, 0.4) is 0 Å². The van der Waals surface area contributed by atoms with E-state index < -0.39 is 0 Å². The fourth-order valence-electron chi connectivity index (χ4n) is 2.10. The number of H-pyrrole nitrogens is 1. The molecule has 1 aromatic carbocycles. The van der Waals surface area contributed by atoms with Crippen LogP contribution in [0.4, 0.5) is 5.69 Å². The molecule has 2 amide bonds. The van der Waals surface area contributed by atoms with E-state index >= 15 is 0 Å². The number of aromatic nitrogens is 3. The summed E-state index contributed by atoms with van der Waals surface area (Å²) in [5.41, 5.74) is 2.43. The van der Waals surface area contributed by atoms with Crippen molar-refractivity contribution in [2.75, 3.05) is 18.1 Å². The Balaban J connectivity index is 1.57. The lowest BCUT2D eigenvalue weighted by atomic mass is 10.2. The zero-order valence-electron chi connectivity index (χ0n) is 13.2. The van der Waals surface area contributed by atoms with Crippen molar-refractivity contribution in [2.24, 2.45) is 0 Å². The van der Waals surface area contributed by atoms with Crippen LogP contribution in [-0.4, -0.2) is 39.6 Å². The van der Waals surface area contributed by atoms with E-state index in [0.717, 1.165) is 5.52 Å². The van der Waals surface area contributed by atoms with Crippen LogP contribution in [0.15, 0.2) is 41.7 Å². The quantitative estimate of drug-likeness (QED) is 0.595. The molecular weight excluding hydrogens is 362 g/mol. The van der Waals surface area contributed by atoms with E-state index in [0.29, 0.717) is 27.1 Å². The first-order valence-corrected chi connectivity index (χ1v) is 8.67. The number of nitrogens with one attached hydrogen (secondary N) is 3. The summed E-state index contributed by atoms with van der Waals surface area (Å²) in [6.45, 7) is 0. The van der Waals surface area contributed by atoms with Gasteiger partial charge in [-0.05, 0) is 30.3 Å². The molecule has 0 saturated carbocycles. The van der Waals surface area contributed by atoms with E-state index in [1.807, 2.05) is 0 Å². The van der Waals surface area contributed by atoms with Gasteiger partial charge in [0, 0.05) is 24.5 Å². The summed E-state index contributed by atoms with van der Waals surface area (Å²) in [6.07, 6.45) is 1.52. The van der Waals surface area contributed by atoms with Crippen LogP contribution in [0, 0.1) is 0 Å². The van der Waals surface area contributed by atoms with Crippen LogP contribution in [-0.2, 0) is 4.79 Å². The molecule has 0 bridgehead atoms. The first-order valence-electron chi connectivity index (χ1n) is 7.31. The van der Waals surface area contributed by atoms with Crippen molar-refractivity contribution >= 4 is 52.0 Å². The molecule has 3 aromatic rings. The SMILES string of the molecule is CNC(=O)c1ccc(NC(=O)CSc2nc3ncc(Cl)cc3[nH]2)cc1. The highest BCUT2D eigenvalue weighted by Crippen LogP contribution is 2.20. The number of imidazole rings is 1. The number of carbonyl (C=O) groups excluding carboxylic acids is 2. The van der Waals surface area contributed by atoms with Gasteiger partial charge in [0.15, 0.2) is 10.8 Å². The Labute approximate surface area is 152 Å². The standard InChI is InChI=1S/C16H14ClN5O2S/c1-18-15(24)9-2-4-11(5-3-9)20-13(23)8-25-16-21-12-6-10(17)7-19-14(12)22-16/h2-7H,8H2,1H3,(H,18,24)(H,20,23)(H,19,21,22). The largest absolute Gasteiger partial charge is 0.355 e. The number of aromatic amines is 1. The van der Waals surface area contributed by atoms with Crippen molar-refractivity contribution in [1.82, 2.24) is 20.3 Å². The van der Waals surface area contributed by atoms with Crippen molar-refractivity contribution in [1.29, 1.82) is 0 Å². The Morgan fingerprint density at radius 2 is 2.04 bits per heavy atom. The molecule has 0 unspecified atom stereocenters. The molecule has 128 valence electrons. The molecule has 7 nitrogen and oxygen atoms in total. The van der Waals surface area contributed by atoms with E-state index in [4.69, 9.17) is 11.6 Å². The predicted octanol–water partition coefficient (Wildman–Crippen LogP) is 2.70. The van der Waals surface area contributed by atoms with Gasteiger partial charge in [0.2, 0.25) is 5.91 Å². The minimum atomic E-state index is -0.177. The van der Waals surface area contributed by atoms with Gasteiger partial charge in [-0.15, -0.1) is 0 Å². The molecule has 3 N–H and O–H groups in total. The van der Waals surface area contributed by atoms with Gasteiger partial charge in [-0.2, -0.15) is 0 Å². The number of carbonyl (C=O) groups is 2. The van der Waals surface area contributed by atoms with Crippen molar-refractivity contribution in [2.45, 2.75) is 5.16 Å². The summed E-state index contributed by atoms with van der Waals surface area (Å²) < 4.78 is 0. The molecule has 0 aliphatic carbocycles. The number of amides is 2. The highest BCUT2D eigenvalue weighted by atomic mass is 35.5. The first kappa shape index (κ1) is 17.2. The Bertz CT molecular complexity index is 926. The zero-order chi connectivity index (χ0) is 17.8. The second-order valence-electron chi connectivity index (χ2n) is 5.06. The molecule has 0 fully saturated rings. The maximum Gasteiger partial charge on any atom is 0.251 e. The number of thioether (sulfide) groups is 1.